The highest BCUT2D eigenvalue weighted by atomic mass is 16.7. The van der Waals surface area contributed by atoms with Crippen LogP contribution in [0.5, 0.6) is 0 Å². The normalized spacial score (nSPS) is 52.6. The van der Waals surface area contributed by atoms with Crippen molar-refractivity contribution in [3.05, 3.63) is 0 Å². The molecule has 2 heterocycles. The van der Waals surface area contributed by atoms with Crippen molar-refractivity contribution in [2.24, 2.45) is 56.7 Å². The van der Waals surface area contributed by atoms with E-state index in [9.17, 15) is 20.1 Å². The maximum atomic E-state index is 13.0. The van der Waals surface area contributed by atoms with Gasteiger partial charge in [0.25, 0.3) is 0 Å². The van der Waals surface area contributed by atoms with E-state index < -0.39 is 23.9 Å². The first-order chi connectivity index (χ1) is 22.0. The molecule has 14 atom stereocenters. The SMILES string of the molecule is CC1CC(C(O)C(C)(C)O)OC2C1C1(C)CCC34CC35CCC(OC3CN(C(=O)C6CCC6)CCO3)C(C)(C)C5CCC4C1(C)C2O. The third kappa shape index (κ3) is 4.36. The molecule has 0 bridgehead atoms. The van der Waals surface area contributed by atoms with Crippen molar-refractivity contribution in [1.82, 2.24) is 4.90 Å². The smallest absolute Gasteiger partial charge is 0.225 e. The predicted octanol–water partition coefficient (Wildman–Crippen LogP) is 5.30. The number of aliphatic hydroxyl groups excluding tert-OH is 2. The fourth-order valence-electron chi connectivity index (χ4n) is 14.2. The van der Waals surface area contributed by atoms with Gasteiger partial charge in [-0.15, -0.1) is 0 Å². The summed E-state index contributed by atoms with van der Waals surface area (Å²) in [5.74, 6) is 2.05. The number of nitrogens with zero attached hydrogens (tertiary/aromatic N) is 1. The van der Waals surface area contributed by atoms with Crippen LogP contribution in [0.1, 0.15) is 119 Å². The number of hydrogen-bond acceptors (Lipinski definition) is 7. The van der Waals surface area contributed by atoms with Gasteiger partial charge in [0.1, 0.15) is 6.10 Å². The zero-order valence-corrected chi connectivity index (χ0v) is 30.2. The first-order valence-electron chi connectivity index (χ1n) is 19.3. The molecule has 14 unspecified atom stereocenters. The topological polar surface area (TPSA) is 109 Å². The molecule has 8 heteroatoms. The Morgan fingerprint density at radius 3 is 2.38 bits per heavy atom. The molecule has 2 aliphatic heterocycles. The molecule has 8 aliphatic rings. The molecule has 8 nitrogen and oxygen atoms in total. The van der Waals surface area contributed by atoms with E-state index in [1.165, 1.54) is 25.7 Å². The lowest BCUT2D eigenvalue weighted by Crippen LogP contribution is -2.60. The van der Waals surface area contributed by atoms with E-state index in [0.717, 1.165) is 38.5 Å². The van der Waals surface area contributed by atoms with Crippen LogP contribution in [0, 0.1) is 56.7 Å². The zero-order chi connectivity index (χ0) is 33.5. The van der Waals surface area contributed by atoms with Gasteiger partial charge in [0.2, 0.25) is 5.91 Å². The molecule has 1 amide bonds. The number of carbonyl (C=O) groups is 1. The summed E-state index contributed by atoms with van der Waals surface area (Å²) in [4.78, 5) is 15.0. The van der Waals surface area contributed by atoms with Gasteiger partial charge in [0.15, 0.2) is 6.29 Å². The summed E-state index contributed by atoms with van der Waals surface area (Å²) >= 11 is 0. The van der Waals surface area contributed by atoms with Crippen LogP contribution in [-0.4, -0.2) is 88.2 Å². The fourth-order valence-corrected chi connectivity index (χ4v) is 14.2. The second kappa shape index (κ2) is 10.6. The second-order valence-electron chi connectivity index (χ2n) is 19.5. The molecule has 0 aromatic rings. The van der Waals surface area contributed by atoms with Crippen molar-refractivity contribution in [2.75, 3.05) is 19.7 Å². The average molecular weight is 658 g/mol. The standard InChI is InChI=1S/C39H63NO7/c1-22-19-24(31(41)35(4,5)44)46-30-29(22)36(6)15-16-39-21-38(39)14-13-27(34(2,3)25(38)11-12-26(39)37(36,7)32(30)42)47-28-20-40(17-18-45-28)33(43)23-9-8-10-23/h22-32,41-42,44H,8-21H2,1-7H3. The number of amides is 1. The molecule has 0 aromatic heterocycles. The molecule has 3 N–H and O–H groups in total. The Balaban J connectivity index is 1.01. The maximum absolute atomic E-state index is 13.0. The Hall–Kier alpha value is -0.770. The molecule has 2 saturated heterocycles. The van der Waals surface area contributed by atoms with E-state index in [-0.39, 0.29) is 52.0 Å². The highest BCUT2D eigenvalue weighted by molar-refractivity contribution is 5.79. The van der Waals surface area contributed by atoms with Crippen molar-refractivity contribution in [2.45, 2.75) is 162 Å². The summed E-state index contributed by atoms with van der Waals surface area (Å²) in [5.41, 5.74) is -1.01. The average Bonchev–Trinajstić information content (AvgIpc) is 3.61. The molecule has 6 saturated carbocycles. The second-order valence-corrected chi connectivity index (χ2v) is 19.5. The van der Waals surface area contributed by atoms with Gasteiger partial charge < -0.3 is 34.4 Å². The largest absolute Gasteiger partial charge is 0.390 e. The highest BCUT2D eigenvalue weighted by Crippen LogP contribution is 2.89. The third-order valence-corrected chi connectivity index (χ3v) is 17.0. The van der Waals surface area contributed by atoms with Crippen molar-refractivity contribution >= 4 is 5.91 Å². The minimum absolute atomic E-state index is 0.00163. The Kier molecular flexibility index (Phi) is 7.55. The highest BCUT2D eigenvalue weighted by Gasteiger charge is 2.84. The molecule has 8 rings (SSSR count). The van der Waals surface area contributed by atoms with Crippen LogP contribution in [-0.2, 0) is 19.0 Å². The van der Waals surface area contributed by atoms with E-state index in [4.69, 9.17) is 14.2 Å². The monoisotopic (exact) mass is 657 g/mol. The number of morpholine rings is 1. The number of ether oxygens (including phenoxy) is 3. The van der Waals surface area contributed by atoms with Crippen molar-refractivity contribution in [1.29, 1.82) is 0 Å². The van der Waals surface area contributed by atoms with Crippen molar-refractivity contribution in [3.63, 3.8) is 0 Å². The van der Waals surface area contributed by atoms with Crippen LogP contribution in [0.3, 0.4) is 0 Å². The van der Waals surface area contributed by atoms with Crippen molar-refractivity contribution < 1.29 is 34.3 Å². The van der Waals surface area contributed by atoms with Crippen LogP contribution in [0.2, 0.25) is 0 Å². The zero-order valence-electron chi connectivity index (χ0n) is 30.2. The Morgan fingerprint density at radius 2 is 1.70 bits per heavy atom. The van der Waals surface area contributed by atoms with Gasteiger partial charge in [-0.2, -0.15) is 0 Å². The number of hydrogen-bond donors (Lipinski definition) is 3. The van der Waals surface area contributed by atoms with E-state index in [1.807, 2.05) is 4.90 Å². The van der Waals surface area contributed by atoms with E-state index in [2.05, 4.69) is 34.6 Å². The van der Waals surface area contributed by atoms with Crippen LogP contribution in [0.25, 0.3) is 0 Å². The summed E-state index contributed by atoms with van der Waals surface area (Å²) in [5, 5.41) is 34.1. The van der Waals surface area contributed by atoms with Gasteiger partial charge in [-0.05, 0) is 123 Å². The molecular weight excluding hydrogens is 594 g/mol. The summed E-state index contributed by atoms with van der Waals surface area (Å²) in [6.45, 7) is 17.1. The quantitative estimate of drug-likeness (QED) is 0.368. The van der Waals surface area contributed by atoms with Gasteiger partial charge in [-0.1, -0.05) is 41.0 Å². The lowest BCUT2D eigenvalue weighted by molar-refractivity contribution is -0.248. The van der Waals surface area contributed by atoms with Gasteiger partial charge >= 0.3 is 0 Å². The van der Waals surface area contributed by atoms with E-state index in [0.29, 0.717) is 55.2 Å². The summed E-state index contributed by atoms with van der Waals surface area (Å²) < 4.78 is 19.7. The Labute approximate surface area is 282 Å². The minimum atomic E-state index is -1.25. The van der Waals surface area contributed by atoms with Gasteiger partial charge in [-0.25, -0.2) is 0 Å². The molecule has 47 heavy (non-hydrogen) atoms. The van der Waals surface area contributed by atoms with Crippen LogP contribution in [0.4, 0.5) is 0 Å². The molecule has 2 spiro atoms. The van der Waals surface area contributed by atoms with Crippen molar-refractivity contribution in [3.8, 4) is 0 Å². The molecular formula is C39H63NO7. The fraction of sp³-hybridized carbons (Fsp3) is 0.974. The van der Waals surface area contributed by atoms with Gasteiger partial charge in [0.05, 0.1) is 43.2 Å². The molecule has 0 aromatic carbocycles. The molecule has 8 fully saturated rings. The van der Waals surface area contributed by atoms with Crippen LogP contribution in [0.15, 0.2) is 0 Å². The molecule has 0 radical (unpaired) electrons. The first-order valence-corrected chi connectivity index (χ1v) is 19.3. The summed E-state index contributed by atoms with van der Waals surface area (Å²) in [6, 6.07) is 0. The molecule has 6 aliphatic carbocycles. The maximum Gasteiger partial charge on any atom is 0.225 e. The Bertz CT molecular complexity index is 1260. The number of carbonyl (C=O) groups excluding carboxylic acids is 1. The van der Waals surface area contributed by atoms with E-state index in [1.54, 1.807) is 13.8 Å². The van der Waals surface area contributed by atoms with Gasteiger partial charge in [0, 0.05) is 17.9 Å². The number of fused-ring (bicyclic) bond motifs is 4. The summed E-state index contributed by atoms with van der Waals surface area (Å²) in [7, 11) is 0. The predicted molar refractivity (Wildman–Crippen MR) is 177 cm³/mol. The molecule has 266 valence electrons. The van der Waals surface area contributed by atoms with E-state index >= 15 is 0 Å². The third-order valence-electron chi connectivity index (χ3n) is 17.0. The number of aliphatic hydroxyl groups is 3. The lowest BCUT2D eigenvalue weighted by atomic mass is 9.41. The minimum Gasteiger partial charge on any atom is -0.390 e. The first kappa shape index (κ1) is 33.4. The van der Waals surface area contributed by atoms with Gasteiger partial charge in [-0.3, -0.25) is 4.79 Å². The lowest BCUT2D eigenvalue weighted by Gasteiger charge is -2.64. The van der Waals surface area contributed by atoms with Crippen LogP contribution < -0.4 is 0 Å². The Morgan fingerprint density at radius 1 is 1.00 bits per heavy atom. The van der Waals surface area contributed by atoms with Crippen LogP contribution >= 0.6 is 0 Å². The summed E-state index contributed by atoms with van der Waals surface area (Å²) in [6.07, 6.45) is 9.39. The number of rotatable bonds is 5.